The Labute approximate surface area is 135 Å². The summed E-state index contributed by atoms with van der Waals surface area (Å²) in [6.07, 6.45) is 13.8. The zero-order valence-electron chi connectivity index (χ0n) is 14.0. The first-order valence-corrected chi connectivity index (χ1v) is 8.67. The van der Waals surface area contributed by atoms with Crippen molar-refractivity contribution in [3.63, 3.8) is 0 Å². The van der Waals surface area contributed by atoms with Crippen LogP contribution in [0.15, 0.2) is 36.7 Å². The van der Waals surface area contributed by atoms with E-state index in [1.54, 1.807) is 0 Å². The fraction of sp³-hybridized carbons (Fsp3) is 0.632. The number of likely N-dealkylation sites (tertiary alicyclic amines) is 1. The van der Waals surface area contributed by atoms with Gasteiger partial charge >= 0.3 is 0 Å². The fourth-order valence-corrected chi connectivity index (χ4v) is 4.23. The topological polar surface area (TPSA) is 19.4 Å². The molecule has 1 aliphatic carbocycles. The molecule has 22 heavy (non-hydrogen) atoms. The molecular formula is C19H29N3. The van der Waals surface area contributed by atoms with Gasteiger partial charge in [-0.05, 0) is 69.8 Å². The number of pyridine rings is 1. The van der Waals surface area contributed by atoms with Gasteiger partial charge in [-0.1, -0.05) is 18.2 Å². The molecule has 2 heterocycles. The van der Waals surface area contributed by atoms with Crippen molar-refractivity contribution >= 4 is 0 Å². The SMILES string of the molecule is CN(CC1CC=CCC1)C[C@@H]1CCN(C)[C@H]1c1cccnc1. The molecule has 2 aliphatic rings. The molecule has 0 amide bonds. The molecule has 3 nitrogen and oxygen atoms in total. The first-order valence-electron chi connectivity index (χ1n) is 8.67. The lowest BCUT2D eigenvalue weighted by Gasteiger charge is -2.31. The number of hydrogen-bond donors (Lipinski definition) is 0. The second-order valence-corrected chi connectivity index (χ2v) is 7.13. The molecule has 3 atom stereocenters. The van der Waals surface area contributed by atoms with Crippen molar-refractivity contribution in [2.45, 2.75) is 31.7 Å². The van der Waals surface area contributed by atoms with Crippen LogP contribution in [0.4, 0.5) is 0 Å². The maximum Gasteiger partial charge on any atom is 0.0401 e. The quantitative estimate of drug-likeness (QED) is 0.777. The first kappa shape index (κ1) is 15.7. The van der Waals surface area contributed by atoms with Gasteiger partial charge in [-0.3, -0.25) is 9.88 Å². The summed E-state index contributed by atoms with van der Waals surface area (Å²) in [6.45, 7) is 3.64. The maximum atomic E-state index is 4.32. The highest BCUT2D eigenvalue weighted by Gasteiger charge is 2.33. The Hall–Kier alpha value is -1.19. The standard InChI is InChI=1S/C19H29N3/c1-21(14-16-7-4-3-5-8-16)15-18-10-12-22(2)19(18)17-9-6-11-20-13-17/h3-4,6,9,11,13,16,18-19H,5,7-8,10,12,14-15H2,1-2H3/t16?,18-,19-/m0/s1. The summed E-state index contributed by atoms with van der Waals surface area (Å²) in [4.78, 5) is 9.39. The summed E-state index contributed by atoms with van der Waals surface area (Å²) in [5.41, 5.74) is 1.38. The van der Waals surface area contributed by atoms with E-state index >= 15 is 0 Å². The van der Waals surface area contributed by atoms with Crippen LogP contribution in [0.2, 0.25) is 0 Å². The number of rotatable bonds is 5. The highest BCUT2D eigenvalue weighted by molar-refractivity contribution is 5.17. The van der Waals surface area contributed by atoms with Gasteiger partial charge in [-0.15, -0.1) is 0 Å². The monoisotopic (exact) mass is 299 g/mol. The van der Waals surface area contributed by atoms with E-state index in [2.05, 4.69) is 53.2 Å². The van der Waals surface area contributed by atoms with Crippen molar-refractivity contribution < 1.29 is 0 Å². The third-order valence-corrected chi connectivity index (χ3v) is 5.29. The predicted molar refractivity (Wildman–Crippen MR) is 91.7 cm³/mol. The second-order valence-electron chi connectivity index (χ2n) is 7.13. The lowest BCUT2D eigenvalue weighted by atomic mass is 9.92. The Kier molecular flexibility index (Phi) is 5.27. The van der Waals surface area contributed by atoms with E-state index in [0.29, 0.717) is 6.04 Å². The average Bonchev–Trinajstić information content (AvgIpc) is 2.89. The van der Waals surface area contributed by atoms with Crippen molar-refractivity contribution in [1.29, 1.82) is 0 Å². The van der Waals surface area contributed by atoms with E-state index in [-0.39, 0.29) is 0 Å². The maximum absolute atomic E-state index is 4.32. The van der Waals surface area contributed by atoms with Crippen molar-refractivity contribution in [2.75, 3.05) is 33.7 Å². The summed E-state index contributed by atoms with van der Waals surface area (Å²) in [7, 11) is 4.56. The Morgan fingerprint density at radius 2 is 2.18 bits per heavy atom. The van der Waals surface area contributed by atoms with Gasteiger partial charge in [-0.2, -0.15) is 0 Å². The van der Waals surface area contributed by atoms with Crippen LogP contribution in [-0.2, 0) is 0 Å². The van der Waals surface area contributed by atoms with E-state index in [9.17, 15) is 0 Å². The van der Waals surface area contributed by atoms with Crippen LogP contribution in [0.1, 0.15) is 37.3 Å². The highest BCUT2D eigenvalue weighted by Crippen LogP contribution is 2.36. The van der Waals surface area contributed by atoms with Crippen LogP contribution in [0.3, 0.4) is 0 Å². The van der Waals surface area contributed by atoms with E-state index in [1.165, 1.54) is 50.9 Å². The second kappa shape index (κ2) is 7.38. The highest BCUT2D eigenvalue weighted by atomic mass is 15.2. The summed E-state index contributed by atoms with van der Waals surface area (Å²) in [5.74, 6) is 1.57. The van der Waals surface area contributed by atoms with Crippen molar-refractivity contribution in [1.82, 2.24) is 14.8 Å². The summed E-state index contributed by atoms with van der Waals surface area (Å²) < 4.78 is 0. The van der Waals surface area contributed by atoms with Gasteiger partial charge in [0.25, 0.3) is 0 Å². The van der Waals surface area contributed by atoms with Crippen LogP contribution in [0, 0.1) is 11.8 Å². The Morgan fingerprint density at radius 3 is 2.91 bits per heavy atom. The summed E-state index contributed by atoms with van der Waals surface area (Å²) >= 11 is 0. The number of allylic oxidation sites excluding steroid dienone is 2. The van der Waals surface area contributed by atoms with Gasteiger partial charge < -0.3 is 4.90 Å². The number of aromatic nitrogens is 1. The predicted octanol–water partition coefficient (Wildman–Crippen LogP) is 3.36. The van der Waals surface area contributed by atoms with Crippen LogP contribution >= 0.6 is 0 Å². The third kappa shape index (κ3) is 3.76. The summed E-state index contributed by atoms with van der Waals surface area (Å²) in [5, 5.41) is 0. The van der Waals surface area contributed by atoms with Gasteiger partial charge in [0, 0.05) is 31.5 Å². The van der Waals surface area contributed by atoms with E-state index in [1.807, 2.05) is 12.4 Å². The smallest absolute Gasteiger partial charge is 0.0401 e. The van der Waals surface area contributed by atoms with Gasteiger partial charge in [0.15, 0.2) is 0 Å². The van der Waals surface area contributed by atoms with Gasteiger partial charge in [0.1, 0.15) is 0 Å². The molecule has 0 radical (unpaired) electrons. The minimum absolute atomic E-state index is 0.530. The first-order chi connectivity index (χ1) is 10.7. The zero-order chi connectivity index (χ0) is 15.4. The molecule has 0 aromatic carbocycles. The zero-order valence-corrected chi connectivity index (χ0v) is 14.0. The van der Waals surface area contributed by atoms with Crippen LogP contribution < -0.4 is 0 Å². The molecule has 3 rings (SSSR count). The molecule has 0 saturated carbocycles. The molecule has 1 fully saturated rings. The van der Waals surface area contributed by atoms with E-state index in [4.69, 9.17) is 0 Å². The molecule has 1 aliphatic heterocycles. The average molecular weight is 299 g/mol. The van der Waals surface area contributed by atoms with E-state index < -0.39 is 0 Å². The minimum Gasteiger partial charge on any atom is -0.306 e. The molecule has 120 valence electrons. The van der Waals surface area contributed by atoms with Crippen molar-refractivity contribution in [2.24, 2.45) is 11.8 Å². The minimum atomic E-state index is 0.530. The normalized spacial score (nSPS) is 29.3. The van der Waals surface area contributed by atoms with Gasteiger partial charge in [-0.25, -0.2) is 0 Å². The largest absolute Gasteiger partial charge is 0.306 e. The van der Waals surface area contributed by atoms with Crippen molar-refractivity contribution in [3.05, 3.63) is 42.2 Å². The molecule has 3 heteroatoms. The number of nitrogens with zero attached hydrogens (tertiary/aromatic N) is 3. The summed E-state index contributed by atoms with van der Waals surface area (Å²) in [6, 6.07) is 4.83. The Balaban J connectivity index is 1.59. The molecule has 0 bridgehead atoms. The van der Waals surface area contributed by atoms with Crippen molar-refractivity contribution in [3.8, 4) is 0 Å². The van der Waals surface area contributed by atoms with E-state index in [0.717, 1.165) is 11.8 Å². The Morgan fingerprint density at radius 1 is 1.27 bits per heavy atom. The Bertz CT molecular complexity index is 485. The molecule has 1 unspecified atom stereocenters. The molecule has 0 N–H and O–H groups in total. The lowest BCUT2D eigenvalue weighted by Crippen LogP contribution is -2.33. The number of hydrogen-bond acceptors (Lipinski definition) is 3. The molecule has 0 spiro atoms. The molecular weight excluding hydrogens is 270 g/mol. The third-order valence-electron chi connectivity index (χ3n) is 5.29. The van der Waals surface area contributed by atoms with Crippen LogP contribution in [-0.4, -0.2) is 48.5 Å². The lowest BCUT2D eigenvalue weighted by molar-refractivity contribution is 0.195. The molecule has 1 aromatic heterocycles. The van der Waals surface area contributed by atoms with Gasteiger partial charge in [0.05, 0.1) is 0 Å². The van der Waals surface area contributed by atoms with Gasteiger partial charge in [0.2, 0.25) is 0 Å². The van der Waals surface area contributed by atoms with Crippen LogP contribution in [0.25, 0.3) is 0 Å². The van der Waals surface area contributed by atoms with Crippen LogP contribution in [0.5, 0.6) is 0 Å². The molecule has 1 saturated heterocycles. The fourth-order valence-electron chi connectivity index (χ4n) is 4.23. The molecule has 1 aromatic rings.